The predicted octanol–water partition coefficient (Wildman–Crippen LogP) is 5.39. The summed E-state index contributed by atoms with van der Waals surface area (Å²) < 4.78 is 21.5. The zero-order valence-corrected chi connectivity index (χ0v) is 21.9. The van der Waals surface area contributed by atoms with Crippen molar-refractivity contribution in [2.24, 2.45) is 0 Å². The average molecular weight is 536 g/mol. The molecule has 2 aromatic carbocycles. The number of amides is 1. The third-order valence-corrected chi connectivity index (χ3v) is 7.34. The fourth-order valence-corrected chi connectivity index (χ4v) is 5.74. The van der Waals surface area contributed by atoms with E-state index >= 15 is 0 Å². The van der Waals surface area contributed by atoms with Gasteiger partial charge in [-0.1, -0.05) is 42.1 Å². The summed E-state index contributed by atoms with van der Waals surface area (Å²) in [5.74, 6) is -0.771. The molecule has 2 aromatic rings. The van der Waals surface area contributed by atoms with Gasteiger partial charge in [-0.3, -0.25) is 9.59 Å². The summed E-state index contributed by atoms with van der Waals surface area (Å²) in [6.07, 6.45) is 3.43. The minimum Gasteiger partial charge on any atom is -0.507 e. The van der Waals surface area contributed by atoms with E-state index in [1.165, 1.54) is 34.5 Å². The Labute approximate surface area is 219 Å². The number of Topliss-reactive ketones (excluding diaryl/α,β-unsaturated/α-hetero) is 1. The van der Waals surface area contributed by atoms with E-state index in [4.69, 9.17) is 42.1 Å². The summed E-state index contributed by atoms with van der Waals surface area (Å²) in [4.78, 5) is 28.4. The van der Waals surface area contributed by atoms with Crippen molar-refractivity contribution in [2.75, 3.05) is 28.4 Å². The van der Waals surface area contributed by atoms with Crippen molar-refractivity contribution in [3.63, 3.8) is 0 Å². The number of ketones is 1. The van der Waals surface area contributed by atoms with Crippen LogP contribution in [-0.4, -0.2) is 56.2 Å². The first-order chi connectivity index (χ1) is 17.3. The largest absolute Gasteiger partial charge is 0.507 e. The van der Waals surface area contributed by atoms with E-state index in [2.05, 4.69) is 0 Å². The average Bonchev–Trinajstić information content (AvgIpc) is 3.49. The number of carbonyl (C=O) groups is 2. The van der Waals surface area contributed by atoms with E-state index < -0.39 is 23.5 Å². The normalized spacial score (nSPS) is 19.6. The third-order valence-electron chi connectivity index (χ3n) is 6.72. The molecule has 1 unspecified atom stereocenters. The van der Waals surface area contributed by atoms with Crippen molar-refractivity contribution in [1.29, 1.82) is 0 Å². The molecular weight excluding hydrogens is 509 g/mol. The number of benzene rings is 2. The van der Waals surface area contributed by atoms with Crippen LogP contribution >= 0.6 is 23.2 Å². The molecule has 1 saturated heterocycles. The number of likely N-dealkylation sites (tertiary alicyclic amines) is 1. The lowest BCUT2D eigenvalue weighted by Gasteiger charge is -2.31. The van der Waals surface area contributed by atoms with Crippen LogP contribution in [0, 0.1) is 0 Å². The fraction of sp³-hybridized carbons (Fsp3) is 0.385. The van der Waals surface area contributed by atoms with Gasteiger partial charge in [-0.25, -0.2) is 0 Å². The van der Waals surface area contributed by atoms with Crippen molar-refractivity contribution in [1.82, 2.24) is 4.90 Å². The van der Waals surface area contributed by atoms with Crippen molar-refractivity contribution < 1.29 is 33.6 Å². The lowest BCUT2D eigenvalue weighted by atomic mass is 9.94. The van der Waals surface area contributed by atoms with Crippen LogP contribution in [0.15, 0.2) is 29.8 Å². The molecule has 0 radical (unpaired) electrons. The van der Waals surface area contributed by atoms with Gasteiger partial charge in [-0.2, -0.15) is 0 Å². The number of hydrogen-bond acceptors (Lipinski definition) is 7. The van der Waals surface area contributed by atoms with Gasteiger partial charge in [0.25, 0.3) is 11.7 Å². The van der Waals surface area contributed by atoms with Crippen LogP contribution in [0.1, 0.15) is 42.9 Å². The van der Waals surface area contributed by atoms with Gasteiger partial charge in [0.15, 0.2) is 23.0 Å². The maximum absolute atomic E-state index is 13.4. The smallest absolute Gasteiger partial charge is 0.295 e. The van der Waals surface area contributed by atoms with E-state index in [1.54, 1.807) is 23.1 Å². The molecule has 2 aliphatic rings. The minimum atomic E-state index is -0.864. The third kappa shape index (κ3) is 4.22. The number of aliphatic hydroxyl groups excluding tert-OH is 1. The molecule has 36 heavy (non-hydrogen) atoms. The molecule has 1 aliphatic heterocycles. The Balaban J connectivity index is 1.98. The van der Waals surface area contributed by atoms with Gasteiger partial charge in [0, 0.05) is 6.04 Å². The SMILES string of the molecule is COc1ccc(C2/C(=C(\O)c3cc(Cl)c(OC)c(Cl)c3OC)C(=O)C(=O)N2C2CCCC2)cc1OC. The molecule has 1 heterocycles. The van der Waals surface area contributed by atoms with E-state index in [-0.39, 0.29) is 38.7 Å². The van der Waals surface area contributed by atoms with Crippen LogP contribution in [0.2, 0.25) is 10.0 Å². The number of rotatable bonds is 7. The molecule has 0 bridgehead atoms. The number of ether oxygens (including phenoxy) is 4. The van der Waals surface area contributed by atoms with E-state index in [1.807, 2.05) is 0 Å². The molecule has 0 aromatic heterocycles. The van der Waals surface area contributed by atoms with Crippen LogP contribution < -0.4 is 18.9 Å². The Hall–Kier alpha value is -3.10. The summed E-state index contributed by atoms with van der Waals surface area (Å²) in [7, 11) is 5.79. The van der Waals surface area contributed by atoms with Crippen molar-refractivity contribution in [3.05, 3.63) is 51.0 Å². The second kappa shape index (κ2) is 10.5. The first kappa shape index (κ1) is 26.0. The highest BCUT2D eigenvalue weighted by molar-refractivity contribution is 6.47. The topological polar surface area (TPSA) is 94.5 Å². The highest BCUT2D eigenvalue weighted by Crippen LogP contribution is 2.49. The lowest BCUT2D eigenvalue weighted by Crippen LogP contribution is -2.37. The molecule has 1 aliphatic carbocycles. The Kier molecular flexibility index (Phi) is 7.57. The maximum Gasteiger partial charge on any atom is 0.295 e. The Morgan fingerprint density at radius 1 is 0.917 bits per heavy atom. The minimum absolute atomic E-state index is 0.0294. The highest BCUT2D eigenvalue weighted by Gasteiger charge is 2.49. The second-order valence-electron chi connectivity index (χ2n) is 8.55. The monoisotopic (exact) mass is 535 g/mol. The summed E-state index contributed by atoms with van der Waals surface area (Å²) in [6, 6.07) is 5.54. The number of halogens is 2. The van der Waals surface area contributed by atoms with Gasteiger partial charge >= 0.3 is 0 Å². The van der Waals surface area contributed by atoms with Crippen molar-refractivity contribution in [3.8, 4) is 23.0 Å². The maximum atomic E-state index is 13.4. The first-order valence-corrected chi connectivity index (χ1v) is 12.2. The summed E-state index contributed by atoms with van der Waals surface area (Å²) >= 11 is 12.8. The summed E-state index contributed by atoms with van der Waals surface area (Å²) in [6.45, 7) is 0. The van der Waals surface area contributed by atoms with Crippen molar-refractivity contribution in [2.45, 2.75) is 37.8 Å². The summed E-state index contributed by atoms with van der Waals surface area (Å²) in [5.41, 5.74) is 0.572. The molecule has 10 heteroatoms. The predicted molar refractivity (Wildman–Crippen MR) is 136 cm³/mol. The molecule has 1 saturated carbocycles. The molecule has 1 amide bonds. The van der Waals surface area contributed by atoms with Gasteiger partial charge in [-0.05, 0) is 36.6 Å². The molecule has 0 spiro atoms. The second-order valence-corrected chi connectivity index (χ2v) is 9.33. The molecule has 1 N–H and O–H groups in total. The fourth-order valence-electron chi connectivity index (χ4n) is 5.05. The highest BCUT2D eigenvalue weighted by atomic mass is 35.5. The quantitative estimate of drug-likeness (QED) is 0.288. The zero-order chi connectivity index (χ0) is 26.1. The van der Waals surface area contributed by atoms with Crippen LogP contribution in [0.5, 0.6) is 23.0 Å². The molecule has 1 atom stereocenters. The molecule has 4 rings (SSSR count). The van der Waals surface area contributed by atoms with Crippen LogP contribution in [-0.2, 0) is 9.59 Å². The molecule has 2 fully saturated rings. The number of methoxy groups -OCH3 is 4. The van der Waals surface area contributed by atoms with Crippen LogP contribution in [0.3, 0.4) is 0 Å². The van der Waals surface area contributed by atoms with E-state index in [0.717, 1.165) is 25.7 Å². The number of aliphatic hydroxyl groups is 1. The van der Waals surface area contributed by atoms with Gasteiger partial charge < -0.3 is 29.0 Å². The standard InChI is InChI=1S/C26H27Cl2NO7/c1-33-17-10-9-13(11-18(17)34-2)21-19(23(31)26(32)29(21)14-7-5-6-8-14)22(30)15-12-16(27)25(36-4)20(28)24(15)35-3/h9-12,14,21,30H,5-8H2,1-4H3/b22-19+. The van der Waals surface area contributed by atoms with Gasteiger partial charge in [0.2, 0.25) is 0 Å². The Morgan fingerprint density at radius 2 is 1.56 bits per heavy atom. The first-order valence-electron chi connectivity index (χ1n) is 11.4. The van der Waals surface area contributed by atoms with E-state index in [9.17, 15) is 14.7 Å². The van der Waals surface area contributed by atoms with Crippen LogP contribution in [0.25, 0.3) is 5.76 Å². The number of hydrogen-bond donors (Lipinski definition) is 1. The summed E-state index contributed by atoms with van der Waals surface area (Å²) in [5, 5.41) is 11.7. The van der Waals surface area contributed by atoms with Gasteiger partial charge in [0.1, 0.15) is 10.8 Å². The Morgan fingerprint density at radius 3 is 2.14 bits per heavy atom. The van der Waals surface area contributed by atoms with Crippen LogP contribution in [0.4, 0.5) is 0 Å². The van der Waals surface area contributed by atoms with Gasteiger partial charge in [0.05, 0.1) is 50.6 Å². The van der Waals surface area contributed by atoms with E-state index in [0.29, 0.717) is 17.1 Å². The van der Waals surface area contributed by atoms with Gasteiger partial charge in [-0.15, -0.1) is 0 Å². The molecule has 8 nitrogen and oxygen atoms in total. The lowest BCUT2D eigenvalue weighted by molar-refractivity contribution is -0.141. The molecule has 192 valence electrons. The number of nitrogens with zero attached hydrogens (tertiary/aromatic N) is 1. The zero-order valence-electron chi connectivity index (χ0n) is 20.4. The Bertz CT molecular complexity index is 1240. The number of carbonyl (C=O) groups excluding carboxylic acids is 2. The molecular formula is C26H27Cl2NO7. The van der Waals surface area contributed by atoms with Crippen molar-refractivity contribution >= 4 is 40.7 Å².